The van der Waals surface area contributed by atoms with E-state index in [-0.39, 0.29) is 29.5 Å². The van der Waals surface area contributed by atoms with Gasteiger partial charge in [-0.05, 0) is 94.1 Å². The van der Waals surface area contributed by atoms with Crippen molar-refractivity contribution in [1.82, 2.24) is 0 Å². The van der Waals surface area contributed by atoms with E-state index in [1.165, 1.54) is 0 Å². The number of hydrogen-bond donors (Lipinski definition) is 1. The van der Waals surface area contributed by atoms with Crippen LogP contribution in [-0.2, 0) is 30.0 Å². The maximum absolute atomic E-state index is 10.8. The molecule has 2 aliphatic rings. The maximum Gasteiger partial charge on any atom is 0.191 e. The third-order valence-electron chi connectivity index (χ3n) is 9.38. The Balaban J connectivity index is 1.41. The molecular formula is C38H62O7Si. The summed E-state index contributed by atoms with van der Waals surface area (Å²) in [6, 6.07) is 7.86. The van der Waals surface area contributed by atoms with E-state index in [9.17, 15) is 5.11 Å². The van der Waals surface area contributed by atoms with Gasteiger partial charge in [0.05, 0.1) is 44.7 Å². The second-order valence-electron chi connectivity index (χ2n) is 15.2. The molecule has 8 heteroatoms. The molecule has 0 spiro atoms. The normalized spacial score (nSPS) is 23.8. The van der Waals surface area contributed by atoms with Crippen LogP contribution < -0.4 is 4.74 Å². The number of methoxy groups -OCH3 is 1. The van der Waals surface area contributed by atoms with Crippen LogP contribution in [-0.4, -0.2) is 70.1 Å². The lowest BCUT2D eigenvalue weighted by Crippen LogP contribution is -2.41. The van der Waals surface area contributed by atoms with E-state index in [1.54, 1.807) is 7.11 Å². The van der Waals surface area contributed by atoms with Crippen LogP contribution in [0.15, 0.2) is 60.7 Å². The quantitative estimate of drug-likeness (QED) is 0.125. The lowest BCUT2D eigenvalue weighted by molar-refractivity contribution is -0.157. The van der Waals surface area contributed by atoms with Gasteiger partial charge in [-0.3, -0.25) is 0 Å². The predicted molar refractivity (Wildman–Crippen MR) is 189 cm³/mol. The molecule has 6 atom stereocenters. The van der Waals surface area contributed by atoms with E-state index in [2.05, 4.69) is 59.5 Å². The van der Waals surface area contributed by atoms with Crippen molar-refractivity contribution in [2.75, 3.05) is 20.3 Å². The van der Waals surface area contributed by atoms with Crippen molar-refractivity contribution >= 4 is 8.32 Å². The number of ether oxygens (including phenoxy) is 5. The molecule has 0 aliphatic carbocycles. The Bertz CT molecular complexity index is 1120. The molecule has 1 N–H and O–H groups in total. The van der Waals surface area contributed by atoms with Crippen molar-refractivity contribution in [3.8, 4) is 5.75 Å². The summed E-state index contributed by atoms with van der Waals surface area (Å²) in [7, 11) is -0.0879. The topological polar surface area (TPSA) is 75.6 Å². The smallest absolute Gasteiger partial charge is 0.191 e. The van der Waals surface area contributed by atoms with Crippen molar-refractivity contribution in [1.29, 1.82) is 0 Å². The largest absolute Gasteiger partial charge is 0.497 e. The lowest BCUT2D eigenvalue weighted by atomic mass is 9.91. The van der Waals surface area contributed by atoms with Gasteiger partial charge in [-0.15, -0.1) is 0 Å². The Morgan fingerprint density at radius 2 is 1.89 bits per heavy atom. The van der Waals surface area contributed by atoms with Gasteiger partial charge in [-0.2, -0.15) is 0 Å². The van der Waals surface area contributed by atoms with E-state index >= 15 is 0 Å². The molecule has 260 valence electrons. The highest BCUT2D eigenvalue weighted by atomic mass is 28.4. The van der Waals surface area contributed by atoms with Crippen molar-refractivity contribution in [2.24, 2.45) is 5.92 Å². The molecule has 0 amide bonds. The molecule has 2 aliphatic heterocycles. The molecule has 46 heavy (non-hydrogen) atoms. The molecule has 1 aromatic carbocycles. The van der Waals surface area contributed by atoms with Crippen LogP contribution in [0.1, 0.15) is 85.6 Å². The monoisotopic (exact) mass is 658 g/mol. The third-order valence-corrected chi connectivity index (χ3v) is 13.9. The first-order valence-corrected chi connectivity index (χ1v) is 20.0. The first kappa shape index (κ1) is 38.7. The minimum absolute atomic E-state index is 0.113. The summed E-state index contributed by atoms with van der Waals surface area (Å²) in [5.41, 5.74) is 2.11. The van der Waals surface area contributed by atoms with Gasteiger partial charge >= 0.3 is 0 Å². The lowest BCUT2D eigenvalue weighted by Gasteiger charge is -2.36. The zero-order chi connectivity index (χ0) is 34.0. The van der Waals surface area contributed by atoms with E-state index in [4.69, 9.17) is 28.1 Å². The van der Waals surface area contributed by atoms with Crippen LogP contribution in [0.25, 0.3) is 0 Å². The molecule has 2 heterocycles. The molecule has 1 aromatic rings. The Morgan fingerprint density at radius 3 is 2.52 bits per heavy atom. The number of benzene rings is 1. The molecular weight excluding hydrogens is 596 g/mol. The summed E-state index contributed by atoms with van der Waals surface area (Å²) >= 11 is 0. The van der Waals surface area contributed by atoms with Crippen LogP contribution in [0.2, 0.25) is 18.1 Å². The molecule has 1 saturated heterocycles. The van der Waals surface area contributed by atoms with Gasteiger partial charge in [0, 0.05) is 6.61 Å². The first-order valence-electron chi connectivity index (χ1n) is 17.1. The molecule has 0 radical (unpaired) electrons. The average molecular weight is 659 g/mol. The zero-order valence-corrected chi connectivity index (χ0v) is 31.1. The zero-order valence-electron chi connectivity index (χ0n) is 30.1. The van der Waals surface area contributed by atoms with Crippen LogP contribution >= 0.6 is 0 Å². The summed E-state index contributed by atoms with van der Waals surface area (Å²) in [4.78, 5) is 0. The van der Waals surface area contributed by atoms with E-state index < -0.39 is 20.2 Å². The summed E-state index contributed by atoms with van der Waals surface area (Å²) in [5.74, 6) is 0.597. The van der Waals surface area contributed by atoms with E-state index in [0.717, 1.165) is 49.2 Å². The molecule has 1 fully saturated rings. The van der Waals surface area contributed by atoms with Crippen molar-refractivity contribution < 1.29 is 33.2 Å². The summed E-state index contributed by atoms with van der Waals surface area (Å²) in [5, 5.41) is 11.0. The highest BCUT2D eigenvalue weighted by Gasteiger charge is 2.38. The standard InChI is InChI=1S/C38H62O7Si/c1-28(23-29(2)25-34-15-12-14-33(44-34)21-22-43-46(9,10)37(3,4)5)24-31(39)13-11-16-35(36-27-42-38(6,7)45-36)41-26-30-17-19-32(40-8)20-18-30/h11-14,17-20,29,31,33-36,39H,1,15-16,21-27H2,2-10H3/b13-11+. The highest BCUT2D eigenvalue weighted by Crippen LogP contribution is 2.37. The first-order chi connectivity index (χ1) is 21.6. The van der Waals surface area contributed by atoms with Gasteiger partial charge in [0.1, 0.15) is 11.9 Å². The molecule has 7 nitrogen and oxygen atoms in total. The number of rotatable bonds is 18. The summed E-state index contributed by atoms with van der Waals surface area (Å²) in [6.45, 7) is 23.5. The Hall–Kier alpha value is -1.78. The minimum atomic E-state index is -1.75. The Morgan fingerprint density at radius 1 is 1.17 bits per heavy atom. The summed E-state index contributed by atoms with van der Waals surface area (Å²) in [6.07, 6.45) is 12.4. The molecule has 3 rings (SSSR count). The van der Waals surface area contributed by atoms with E-state index in [1.807, 2.05) is 50.3 Å². The molecule has 0 aromatic heterocycles. The second kappa shape index (κ2) is 17.6. The van der Waals surface area contributed by atoms with Gasteiger partial charge in [-0.25, -0.2) is 0 Å². The average Bonchev–Trinajstić information content (AvgIpc) is 3.33. The highest BCUT2D eigenvalue weighted by molar-refractivity contribution is 6.74. The second-order valence-corrected chi connectivity index (χ2v) is 20.0. The fourth-order valence-electron chi connectivity index (χ4n) is 5.69. The van der Waals surface area contributed by atoms with Gasteiger partial charge < -0.3 is 33.2 Å². The van der Waals surface area contributed by atoms with Crippen LogP contribution in [0.4, 0.5) is 0 Å². The predicted octanol–water partition coefficient (Wildman–Crippen LogP) is 8.53. The van der Waals surface area contributed by atoms with Crippen LogP contribution in [0, 0.1) is 5.92 Å². The van der Waals surface area contributed by atoms with Gasteiger partial charge in [-0.1, -0.05) is 76.3 Å². The minimum Gasteiger partial charge on any atom is -0.497 e. The summed E-state index contributed by atoms with van der Waals surface area (Å²) < 4.78 is 36.3. The number of hydrogen-bond acceptors (Lipinski definition) is 7. The van der Waals surface area contributed by atoms with Crippen molar-refractivity contribution in [3.63, 3.8) is 0 Å². The van der Waals surface area contributed by atoms with Gasteiger partial charge in [0.2, 0.25) is 0 Å². The van der Waals surface area contributed by atoms with Crippen LogP contribution in [0.5, 0.6) is 5.75 Å². The molecule has 0 saturated carbocycles. The maximum atomic E-state index is 10.8. The SMILES string of the molecule is C=C(CC(O)/C=C/CC(OCc1ccc(OC)cc1)C1COC(C)(C)O1)CC(C)CC1CC=CC(CCO[Si](C)(C)C(C)(C)C)O1. The third kappa shape index (κ3) is 13.0. The van der Waals surface area contributed by atoms with E-state index in [0.29, 0.717) is 32.0 Å². The molecule has 6 unspecified atom stereocenters. The Kier molecular flexibility index (Phi) is 14.8. The fraction of sp³-hybridized carbons (Fsp3) is 0.684. The van der Waals surface area contributed by atoms with Crippen molar-refractivity contribution in [3.05, 3.63) is 66.3 Å². The fourth-order valence-corrected chi connectivity index (χ4v) is 6.75. The number of aliphatic hydroxyl groups excluding tert-OH is 1. The van der Waals surface area contributed by atoms with Gasteiger partial charge in [0.25, 0.3) is 0 Å². The van der Waals surface area contributed by atoms with Crippen molar-refractivity contribution in [2.45, 2.75) is 141 Å². The Labute approximate surface area is 280 Å². The van der Waals surface area contributed by atoms with Gasteiger partial charge in [0.15, 0.2) is 14.1 Å². The van der Waals surface area contributed by atoms with Crippen LogP contribution in [0.3, 0.4) is 0 Å². The number of aliphatic hydroxyl groups is 1. The molecule has 0 bridgehead atoms.